The van der Waals surface area contributed by atoms with Gasteiger partial charge in [-0.15, -0.1) is 0 Å². The van der Waals surface area contributed by atoms with Crippen LogP contribution in [0.25, 0.3) is 0 Å². The SMILES string of the molecule is CCCC[O][Al]([O]CCCC)[O]C(C)C. The molecule has 0 unspecified atom stereocenters. The third-order valence-electron chi connectivity index (χ3n) is 1.89. The molecule has 0 saturated carbocycles. The van der Waals surface area contributed by atoms with E-state index in [-0.39, 0.29) is 6.10 Å². The minimum absolute atomic E-state index is 0.199. The Morgan fingerprint density at radius 2 is 1.40 bits per heavy atom. The normalized spacial score (nSPS) is 11.0. The third-order valence-corrected chi connectivity index (χ3v) is 3.67. The van der Waals surface area contributed by atoms with Crippen LogP contribution in [-0.4, -0.2) is 34.5 Å². The van der Waals surface area contributed by atoms with Gasteiger partial charge in [0.2, 0.25) is 0 Å². The fraction of sp³-hybridized carbons (Fsp3) is 1.00. The Morgan fingerprint density at radius 3 is 1.73 bits per heavy atom. The number of hydrogen-bond acceptors (Lipinski definition) is 3. The van der Waals surface area contributed by atoms with Crippen molar-refractivity contribution in [2.24, 2.45) is 0 Å². The Kier molecular flexibility index (Phi) is 11.2. The summed E-state index contributed by atoms with van der Waals surface area (Å²) in [6.45, 7) is 9.89. The molecule has 0 bridgehead atoms. The molecular weight excluding hydrogens is 207 g/mol. The third kappa shape index (κ3) is 10.7. The summed E-state index contributed by atoms with van der Waals surface area (Å²) >= 11 is -1.85. The summed E-state index contributed by atoms with van der Waals surface area (Å²) in [6.07, 6.45) is 4.67. The van der Waals surface area contributed by atoms with Crippen LogP contribution >= 0.6 is 0 Å². The minimum Gasteiger partial charge on any atom is -0.454 e. The van der Waals surface area contributed by atoms with Gasteiger partial charge in [0.05, 0.1) is 0 Å². The van der Waals surface area contributed by atoms with Gasteiger partial charge in [-0.3, -0.25) is 0 Å². The number of rotatable bonds is 10. The molecule has 0 aliphatic rings. The van der Waals surface area contributed by atoms with E-state index in [1.165, 1.54) is 0 Å². The number of unbranched alkanes of at least 4 members (excludes halogenated alkanes) is 2. The van der Waals surface area contributed by atoms with E-state index in [1.54, 1.807) is 0 Å². The molecule has 90 valence electrons. The van der Waals surface area contributed by atoms with Crippen molar-refractivity contribution in [3.8, 4) is 0 Å². The highest BCUT2D eigenvalue weighted by Crippen LogP contribution is 2.01. The van der Waals surface area contributed by atoms with E-state index in [1.807, 2.05) is 13.8 Å². The van der Waals surface area contributed by atoms with Crippen molar-refractivity contribution < 1.29 is 11.4 Å². The van der Waals surface area contributed by atoms with Crippen LogP contribution in [0, 0.1) is 0 Å². The van der Waals surface area contributed by atoms with Crippen molar-refractivity contribution in [3.63, 3.8) is 0 Å². The van der Waals surface area contributed by atoms with Crippen LogP contribution in [0.2, 0.25) is 0 Å². The summed E-state index contributed by atoms with van der Waals surface area (Å²) in [6, 6.07) is 0. The monoisotopic (exact) mass is 232 g/mol. The molecule has 0 atom stereocenters. The lowest BCUT2D eigenvalue weighted by atomic mass is 10.4. The first-order chi connectivity index (χ1) is 7.20. The maximum atomic E-state index is 5.64. The van der Waals surface area contributed by atoms with Gasteiger partial charge in [-0.25, -0.2) is 0 Å². The maximum absolute atomic E-state index is 5.64. The van der Waals surface area contributed by atoms with Crippen molar-refractivity contribution in [1.82, 2.24) is 0 Å². The standard InChI is InChI=1S/2C4H9O.C3H7O.Al/c2*1-2-3-4-5;1-3(2)4;/h2*2-4H2,1H3;3H,1-2H3;/q3*-1;+3. The second-order valence-electron chi connectivity index (χ2n) is 3.92. The van der Waals surface area contributed by atoms with E-state index in [2.05, 4.69) is 13.8 Å². The molecule has 15 heavy (non-hydrogen) atoms. The van der Waals surface area contributed by atoms with Gasteiger partial charge < -0.3 is 11.4 Å². The predicted octanol–water partition coefficient (Wildman–Crippen LogP) is 3.03. The smallest absolute Gasteiger partial charge is 0.454 e. The predicted molar refractivity (Wildman–Crippen MR) is 63.7 cm³/mol. The highest BCUT2D eigenvalue weighted by atomic mass is 27.3. The Labute approximate surface area is 99.5 Å². The Bertz CT molecular complexity index is 121. The second-order valence-corrected chi connectivity index (χ2v) is 5.44. The summed E-state index contributed by atoms with van der Waals surface area (Å²) in [4.78, 5) is 0. The zero-order chi connectivity index (χ0) is 11.5. The molecule has 0 aromatic rings. The summed E-state index contributed by atoms with van der Waals surface area (Å²) in [7, 11) is 0. The highest BCUT2D eigenvalue weighted by molar-refractivity contribution is 6.36. The molecule has 0 rings (SSSR count). The molecule has 0 fully saturated rings. The lowest BCUT2D eigenvalue weighted by molar-refractivity contribution is 0.0682. The second kappa shape index (κ2) is 10.9. The maximum Gasteiger partial charge on any atom is 0.905 e. The van der Waals surface area contributed by atoms with Gasteiger partial charge in [0, 0.05) is 19.3 Å². The lowest BCUT2D eigenvalue weighted by Gasteiger charge is -2.15. The summed E-state index contributed by atoms with van der Waals surface area (Å²) < 4.78 is 16.9. The first-order valence-electron chi connectivity index (χ1n) is 6.09. The Morgan fingerprint density at radius 1 is 0.933 bits per heavy atom. The van der Waals surface area contributed by atoms with Gasteiger partial charge in [-0.05, 0) is 26.7 Å². The molecule has 4 heteroatoms. The first kappa shape index (κ1) is 15.4. The van der Waals surface area contributed by atoms with E-state index >= 15 is 0 Å². The lowest BCUT2D eigenvalue weighted by Crippen LogP contribution is -2.31. The molecule has 0 amide bonds. The topological polar surface area (TPSA) is 27.7 Å². The largest absolute Gasteiger partial charge is 0.905 e. The Balaban J connectivity index is 3.63. The van der Waals surface area contributed by atoms with Crippen LogP contribution in [0.5, 0.6) is 0 Å². The van der Waals surface area contributed by atoms with Crippen molar-refractivity contribution in [2.75, 3.05) is 13.2 Å². The molecule has 0 aromatic heterocycles. The van der Waals surface area contributed by atoms with Crippen molar-refractivity contribution in [3.05, 3.63) is 0 Å². The van der Waals surface area contributed by atoms with Gasteiger partial charge in [-0.2, -0.15) is 0 Å². The summed E-state index contributed by atoms with van der Waals surface area (Å²) in [5.74, 6) is 0. The molecule has 0 aliphatic heterocycles. The molecule has 3 nitrogen and oxygen atoms in total. The molecular formula is C11H25AlO3. The van der Waals surface area contributed by atoms with Gasteiger partial charge in [0.15, 0.2) is 0 Å². The van der Waals surface area contributed by atoms with Gasteiger partial charge in [0.25, 0.3) is 0 Å². The van der Waals surface area contributed by atoms with Crippen LogP contribution in [0.4, 0.5) is 0 Å². The van der Waals surface area contributed by atoms with E-state index < -0.39 is 15.1 Å². The van der Waals surface area contributed by atoms with Gasteiger partial charge in [0.1, 0.15) is 0 Å². The van der Waals surface area contributed by atoms with Gasteiger partial charge >= 0.3 is 15.1 Å². The van der Waals surface area contributed by atoms with E-state index in [9.17, 15) is 0 Å². The highest BCUT2D eigenvalue weighted by Gasteiger charge is 2.31. The van der Waals surface area contributed by atoms with E-state index in [0.717, 1.165) is 38.9 Å². The molecule has 0 N–H and O–H groups in total. The quantitative estimate of drug-likeness (QED) is 0.428. The molecule has 0 heterocycles. The first-order valence-corrected chi connectivity index (χ1v) is 7.50. The number of hydrogen-bond donors (Lipinski definition) is 0. The average Bonchev–Trinajstić information content (AvgIpc) is 2.17. The van der Waals surface area contributed by atoms with E-state index in [4.69, 9.17) is 11.4 Å². The average molecular weight is 232 g/mol. The van der Waals surface area contributed by atoms with Crippen LogP contribution in [0.3, 0.4) is 0 Å². The fourth-order valence-corrected chi connectivity index (χ4v) is 2.41. The zero-order valence-corrected chi connectivity index (χ0v) is 11.8. The molecule has 0 saturated heterocycles. The van der Waals surface area contributed by atoms with Crippen LogP contribution in [0.1, 0.15) is 53.4 Å². The zero-order valence-electron chi connectivity index (χ0n) is 10.6. The van der Waals surface area contributed by atoms with Crippen molar-refractivity contribution in [2.45, 2.75) is 59.5 Å². The summed E-state index contributed by atoms with van der Waals surface area (Å²) in [5.41, 5.74) is 0. The molecule has 0 radical (unpaired) electrons. The Hall–Kier alpha value is 0.412. The summed E-state index contributed by atoms with van der Waals surface area (Å²) in [5, 5.41) is 0. The molecule has 0 aliphatic carbocycles. The van der Waals surface area contributed by atoms with E-state index in [0.29, 0.717) is 0 Å². The van der Waals surface area contributed by atoms with Crippen LogP contribution in [-0.2, 0) is 11.4 Å². The van der Waals surface area contributed by atoms with Crippen LogP contribution in [0.15, 0.2) is 0 Å². The fourth-order valence-electron chi connectivity index (χ4n) is 0.997. The van der Waals surface area contributed by atoms with Crippen molar-refractivity contribution >= 4 is 15.1 Å². The molecule has 0 aromatic carbocycles. The minimum atomic E-state index is -1.85. The van der Waals surface area contributed by atoms with Crippen LogP contribution < -0.4 is 0 Å². The molecule has 0 spiro atoms. The van der Waals surface area contributed by atoms with Gasteiger partial charge in [-0.1, -0.05) is 26.7 Å². The van der Waals surface area contributed by atoms with Crippen molar-refractivity contribution in [1.29, 1.82) is 0 Å².